The Hall–Kier alpha value is -2.93. The van der Waals surface area contributed by atoms with Crippen LogP contribution in [0.3, 0.4) is 0 Å². The lowest BCUT2D eigenvalue weighted by Gasteiger charge is -2.26. The van der Waals surface area contributed by atoms with Crippen LogP contribution in [0, 0.1) is 20.8 Å². The van der Waals surface area contributed by atoms with Crippen molar-refractivity contribution in [2.24, 2.45) is 0 Å². The van der Waals surface area contributed by atoms with Gasteiger partial charge in [0.05, 0.1) is 0 Å². The molecule has 0 radical (unpaired) electrons. The number of nitrogens with zero attached hydrogens (tertiary/aromatic N) is 4. The molecule has 172 valence electrons. The molecule has 1 aromatic heterocycles. The lowest BCUT2D eigenvalue weighted by Crippen LogP contribution is -2.38. The quantitative estimate of drug-likeness (QED) is 0.506. The summed E-state index contributed by atoms with van der Waals surface area (Å²) >= 11 is 3.43. The van der Waals surface area contributed by atoms with Crippen molar-refractivity contribution in [2.75, 3.05) is 36.4 Å². The van der Waals surface area contributed by atoms with Crippen LogP contribution in [0.2, 0.25) is 0 Å². The predicted molar refractivity (Wildman–Crippen MR) is 137 cm³/mol. The minimum absolute atomic E-state index is 0.0610. The van der Waals surface area contributed by atoms with E-state index in [9.17, 15) is 4.79 Å². The van der Waals surface area contributed by atoms with Crippen molar-refractivity contribution in [1.29, 1.82) is 0 Å². The number of rotatable bonds is 4. The molecule has 1 aliphatic heterocycles. The van der Waals surface area contributed by atoms with E-state index in [-0.39, 0.29) is 6.03 Å². The molecule has 1 N–H and O–H groups in total. The van der Waals surface area contributed by atoms with E-state index in [1.807, 2.05) is 36.1 Å². The lowest BCUT2D eigenvalue weighted by molar-refractivity contribution is 0.215. The maximum absolute atomic E-state index is 12.9. The van der Waals surface area contributed by atoms with Crippen LogP contribution < -0.4 is 10.2 Å². The standard InChI is InChI=1S/C26H30BrN5O/c1-18-5-7-21(8-6-18)17-24-19(2)28-20(3)29-25(24)31-13-4-14-32(16-15-31)26(33)30-23-11-9-22(27)10-12-23/h5-12H,4,13-17H2,1-3H3,(H,30,33). The van der Waals surface area contributed by atoms with Crippen molar-refractivity contribution in [3.8, 4) is 0 Å². The SMILES string of the molecule is Cc1ccc(Cc2c(C)nc(C)nc2N2CCCN(C(=O)Nc3ccc(Br)cc3)CC2)cc1. The van der Waals surface area contributed by atoms with Gasteiger partial charge in [-0.3, -0.25) is 0 Å². The van der Waals surface area contributed by atoms with E-state index in [1.165, 1.54) is 11.1 Å². The second-order valence-electron chi connectivity index (χ2n) is 8.59. The maximum atomic E-state index is 12.9. The van der Waals surface area contributed by atoms with Crippen molar-refractivity contribution in [3.63, 3.8) is 0 Å². The average Bonchev–Trinajstić information content (AvgIpc) is 3.05. The van der Waals surface area contributed by atoms with E-state index in [1.54, 1.807) is 0 Å². The van der Waals surface area contributed by atoms with Crippen molar-refractivity contribution in [2.45, 2.75) is 33.6 Å². The third-order valence-electron chi connectivity index (χ3n) is 5.98. The third-order valence-corrected chi connectivity index (χ3v) is 6.51. The number of carbonyl (C=O) groups is 1. The highest BCUT2D eigenvalue weighted by Crippen LogP contribution is 2.25. The fourth-order valence-electron chi connectivity index (χ4n) is 4.16. The van der Waals surface area contributed by atoms with Crippen LogP contribution in [-0.2, 0) is 6.42 Å². The summed E-state index contributed by atoms with van der Waals surface area (Å²) < 4.78 is 0.989. The van der Waals surface area contributed by atoms with Crippen LogP contribution in [0.25, 0.3) is 0 Å². The van der Waals surface area contributed by atoms with Crippen LogP contribution in [0.15, 0.2) is 53.0 Å². The van der Waals surface area contributed by atoms with Gasteiger partial charge in [0.2, 0.25) is 0 Å². The molecular formula is C26H30BrN5O. The first-order valence-corrected chi connectivity index (χ1v) is 12.1. The zero-order chi connectivity index (χ0) is 23.4. The molecule has 2 heterocycles. The van der Waals surface area contributed by atoms with Crippen LogP contribution in [0.4, 0.5) is 16.3 Å². The second kappa shape index (κ2) is 10.3. The molecule has 2 aromatic carbocycles. The number of carbonyl (C=O) groups excluding carboxylic acids is 1. The van der Waals surface area contributed by atoms with E-state index in [0.29, 0.717) is 6.54 Å². The number of hydrogen-bond acceptors (Lipinski definition) is 4. The summed E-state index contributed by atoms with van der Waals surface area (Å²) in [5.74, 6) is 1.78. The van der Waals surface area contributed by atoms with Gasteiger partial charge in [0, 0.05) is 54.0 Å². The van der Waals surface area contributed by atoms with Gasteiger partial charge < -0.3 is 15.1 Å². The van der Waals surface area contributed by atoms with E-state index < -0.39 is 0 Å². The normalized spacial score (nSPS) is 14.2. The minimum Gasteiger partial charge on any atom is -0.354 e. The highest BCUT2D eigenvalue weighted by Gasteiger charge is 2.23. The molecule has 0 spiro atoms. The Balaban J connectivity index is 1.49. The molecule has 1 aliphatic rings. The first kappa shape index (κ1) is 23.2. The van der Waals surface area contributed by atoms with E-state index in [2.05, 4.69) is 69.2 Å². The molecule has 0 saturated carbocycles. The summed E-state index contributed by atoms with van der Waals surface area (Å²) in [5, 5.41) is 3.01. The van der Waals surface area contributed by atoms with Crippen molar-refractivity contribution >= 4 is 33.5 Å². The predicted octanol–water partition coefficient (Wildman–Crippen LogP) is 5.50. The summed E-state index contributed by atoms with van der Waals surface area (Å²) in [6, 6.07) is 16.2. The molecular weight excluding hydrogens is 478 g/mol. The number of aryl methyl sites for hydroxylation is 3. The van der Waals surface area contributed by atoms with E-state index >= 15 is 0 Å². The molecule has 0 atom stereocenters. The number of urea groups is 1. The number of benzene rings is 2. The summed E-state index contributed by atoms with van der Waals surface area (Å²) in [6.45, 7) is 9.08. The molecule has 0 aliphatic carbocycles. The molecule has 0 unspecified atom stereocenters. The van der Waals surface area contributed by atoms with E-state index in [0.717, 1.165) is 65.5 Å². The zero-order valence-corrected chi connectivity index (χ0v) is 21.0. The molecule has 4 rings (SSSR count). The van der Waals surface area contributed by atoms with Gasteiger partial charge in [0.25, 0.3) is 0 Å². The smallest absolute Gasteiger partial charge is 0.321 e. The van der Waals surface area contributed by atoms with Gasteiger partial charge in [-0.1, -0.05) is 45.8 Å². The maximum Gasteiger partial charge on any atom is 0.321 e. The van der Waals surface area contributed by atoms with Gasteiger partial charge in [-0.2, -0.15) is 0 Å². The van der Waals surface area contributed by atoms with Crippen molar-refractivity contribution in [1.82, 2.24) is 14.9 Å². The van der Waals surface area contributed by atoms with Crippen LogP contribution in [0.1, 0.15) is 34.6 Å². The number of hydrogen-bond donors (Lipinski definition) is 1. The zero-order valence-electron chi connectivity index (χ0n) is 19.4. The first-order valence-electron chi connectivity index (χ1n) is 11.3. The Labute approximate surface area is 204 Å². The molecule has 1 fully saturated rings. The Morgan fingerprint density at radius 2 is 1.67 bits per heavy atom. The third kappa shape index (κ3) is 5.90. The number of amides is 2. The highest BCUT2D eigenvalue weighted by molar-refractivity contribution is 9.10. The summed E-state index contributed by atoms with van der Waals surface area (Å²) in [4.78, 5) is 26.6. The number of nitrogens with one attached hydrogen (secondary N) is 1. The Morgan fingerprint density at radius 1 is 0.939 bits per heavy atom. The summed E-state index contributed by atoms with van der Waals surface area (Å²) in [6.07, 6.45) is 1.69. The van der Waals surface area contributed by atoms with Gasteiger partial charge in [0.1, 0.15) is 11.6 Å². The number of aromatic nitrogens is 2. The number of halogens is 1. The first-order chi connectivity index (χ1) is 15.9. The number of anilines is 2. The topological polar surface area (TPSA) is 61.4 Å². The molecule has 1 saturated heterocycles. The van der Waals surface area contributed by atoms with Crippen LogP contribution >= 0.6 is 15.9 Å². The van der Waals surface area contributed by atoms with Gasteiger partial charge >= 0.3 is 6.03 Å². The van der Waals surface area contributed by atoms with Crippen LogP contribution in [0.5, 0.6) is 0 Å². The Bertz CT molecular complexity index is 1110. The van der Waals surface area contributed by atoms with Gasteiger partial charge in [-0.15, -0.1) is 0 Å². The minimum atomic E-state index is -0.0610. The fourth-order valence-corrected chi connectivity index (χ4v) is 4.43. The largest absolute Gasteiger partial charge is 0.354 e. The van der Waals surface area contributed by atoms with Gasteiger partial charge in [-0.05, 0) is 57.0 Å². The monoisotopic (exact) mass is 507 g/mol. The second-order valence-corrected chi connectivity index (χ2v) is 9.50. The molecule has 3 aromatic rings. The highest BCUT2D eigenvalue weighted by atomic mass is 79.9. The molecule has 2 amide bonds. The Kier molecular flexibility index (Phi) is 7.28. The lowest BCUT2D eigenvalue weighted by atomic mass is 10.0. The fraction of sp³-hybridized carbons (Fsp3) is 0.346. The Morgan fingerprint density at radius 3 is 2.39 bits per heavy atom. The molecule has 6 nitrogen and oxygen atoms in total. The summed E-state index contributed by atoms with van der Waals surface area (Å²) in [5.41, 5.74) is 5.49. The summed E-state index contributed by atoms with van der Waals surface area (Å²) in [7, 11) is 0. The van der Waals surface area contributed by atoms with Crippen molar-refractivity contribution < 1.29 is 4.79 Å². The average molecular weight is 508 g/mol. The van der Waals surface area contributed by atoms with Gasteiger partial charge in [0.15, 0.2) is 0 Å². The molecule has 7 heteroatoms. The van der Waals surface area contributed by atoms with Gasteiger partial charge in [-0.25, -0.2) is 14.8 Å². The molecule has 0 bridgehead atoms. The van der Waals surface area contributed by atoms with Crippen LogP contribution in [-0.4, -0.2) is 47.1 Å². The molecule has 33 heavy (non-hydrogen) atoms. The van der Waals surface area contributed by atoms with Crippen molar-refractivity contribution in [3.05, 3.63) is 81.2 Å². The van der Waals surface area contributed by atoms with E-state index in [4.69, 9.17) is 4.98 Å².